The number of carbonyl (C=O) groups excluding carboxylic acids is 2. The average Bonchev–Trinajstić information content (AvgIpc) is 2.89. The van der Waals surface area contributed by atoms with E-state index in [4.69, 9.17) is 17.3 Å². The van der Waals surface area contributed by atoms with Crippen LogP contribution in [0.15, 0.2) is 24.3 Å². The van der Waals surface area contributed by atoms with Crippen LogP contribution >= 0.6 is 11.6 Å². The minimum absolute atomic E-state index is 0.00814. The molecule has 0 aromatic heterocycles. The van der Waals surface area contributed by atoms with Gasteiger partial charge in [0.2, 0.25) is 11.8 Å². The minimum atomic E-state index is -0.345. The second kappa shape index (κ2) is 7.34. The van der Waals surface area contributed by atoms with Crippen molar-refractivity contribution in [1.29, 1.82) is 0 Å². The van der Waals surface area contributed by atoms with Gasteiger partial charge in [0.05, 0.1) is 12.0 Å². The zero-order valence-corrected chi connectivity index (χ0v) is 15.6. The van der Waals surface area contributed by atoms with E-state index in [9.17, 15) is 9.59 Å². The molecule has 5 nitrogen and oxygen atoms in total. The highest BCUT2D eigenvalue weighted by molar-refractivity contribution is 6.30. The molecule has 3 unspecified atom stereocenters. The number of likely N-dealkylation sites (tertiary alicyclic amines) is 2. The Morgan fingerprint density at radius 3 is 2.60 bits per heavy atom. The molecule has 0 spiro atoms. The number of rotatable bonds is 3. The first-order valence-corrected chi connectivity index (χ1v) is 9.31. The van der Waals surface area contributed by atoms with Crippen molar-refractivity contribution in [1.82, 2.24) is 9.80 Å². The Kier molecular flexibility index (Phi) is 5.35. The predicted molar refractivity (Wildman–Crippen MR) is 98.0 cm³/mol. The molecule has 1 aromatic carbocycles. The summed E-state index contributed by atoms with van der Waals surface area (Å²) in [5, 5.41) is 0.620. The summed E-state index contributed by atoms with van der Waals surface area (Å²) in [6.07, 6.45) is 2.13. The SMILES string of the molecule is CC(N)C1CCN(C(=O)C2CC(=O)N(C)C2c2cccc(Cl)c2)CC1. The maximum Gasteiger partial charge on any atom is 0.228 e. The lowest BCUT2D eigenvalue weighted by Crippen LogP contribution is -2.45. The normalized spacial score (nSPS) is 26.2. The van der Waals surface area contributed by atoms with Crippen LogP contribution in [-0.2, 0) is 9.59 Å². The van der Waals surface area contributed by atoms with E-state index in [1.165, 1.54) is 0 Å². The van der Waals surface area contributed by atoms with Crippen LogP contribution in [0.3, 0.4) is 0 Å². The van der Waals surface area contributed by atoms with Crippen molar-refractivity contribution in [2.24, 2.45) is 17.6 Å². The van der Waals surface area contributed by atoms with Gasteiger partial charge in [-0.05, 0) is 43.4 Å². The van der Waals surface area contributed by atoms with Crippen LogP contribution in [0.4, 0.5) is 0 Å². The zero-order chi connectivity index (χ0) is 18.1. The Bertz CT molecular complexity index is 656. The molecule has 136 valence electrons. The number of piperidine rings is 1. The molecule has 2 N–H and O–H groups in total. The second-order valence-corrected chi connectivity index (χ2v) is 7.77. The molecule has 0 aliphatic carbocycles. The van der Waals surface area contributed by atoms with Crippen LogP contribution in [-0.4, -0.2) is 47.8 Å². The number of amides is 2. The summed E-state index contributed by atoms with van der Waals surface area (Å²) in [5.41, 5.74) is 6.91. The van der Waals surface area contributed by atoms with Gasteiger partial charge >= 0.3 is 0 Å². The molecule has 2 heterocycles. The van der Waals surface area contributed by atoms with Gasteiger partial charge in [-0.15, -0.1) is 0 Å². The number of nitrogens with two attached hydrogens (primary N) is 1. The van der Waals surface area contributed by atoms with Crippen molar-refractivity contribution < 1.29 is 9.59 Å². The van der Waals surface area contributed by atoms with E-state index < -0.39 is 0 Å². The minimum Gasteiger partial charge on any atom is -0.342 e. The van der Waals surface area contributed by atoms with Crippen LogP contribution in [0.2, 0.25) is 5.02 Å². The van der Waals surface area contributed by atoms with Crippen molar-refractivity contribution in [2.75, 3.05) is 20.1 Å². The summed E-state index contributed by atoms with van der Waals surface area (Å²) >= 11 is 6.12. The third kappa shape index (κ3) is 3.67. The first-order valence-electron chi connectivity index (χ1n) is 8.94. The van der Waals surface area contributed by atoms with Gasteiger partial charge in [0, 0.05) is 37.6 Å². The fourth-order valence-corrected chi connectivity index (χ4v) is 4.32. The number of hydrogen-bond acceptors (Lipinski definition) is 3. The zero-order valence-electron chi connectivity index (χ0n) is 14.8. The largest absolute Gasteiger partial charge is 0.342 e. The van der Waals surface area contributed by atoms with Gasteiger partial charge in [0.25, 0.3) is 0 Å². The van der Waals surface area contributed by atoms with Crippen LogP contribution in [0.25, 0.3) is 0 Å². The molecule has 2 saturated heterocycles. The summed E-state index contributed by atoms with van der Waals surface area (Å²) in [6.45, 7) is 3.48. The number of carbonyl (C=O) groups is 2. The van der Waals surface area contributed by atoms with Gasteiger partial charge in [-0.2, -0.15) is 0 Å². The van der Waals surface area contributed by atoms with E-state index in [1.54, 1.807) is 18.0 Å². The summed E-state index contributed by atoms with van der Waals surface area (Å²) < 4.78 is 0. The lowest BCUT2D eigenvalue weighted by atomic mass is 9.88. The molecular weight excluding hydrogens is 338 g/mol. The highest BCUT2D eigenvalue weighted by Gasteiger charge is 2.44. The molecule has 3 rings (SSSR count). The fourth-order valence-electron chi connectivity index (χ4n) is 4.12. The molecule has 2 amide bonds. The first kappa shape index (κ1) is 18.2. The number of hydrogen-bond donors (Lipinski definition) is 1. The van der Waals surface area contributed by atoms with Crippen LogP contribution in [0.1, 0.15) is 37.8 Å². The predicted octanol–water partition coefficient (Wildman–Crippen LogP) is 2.45. The van der Waals surface area contributed by atoms with E-state index in [2.05, 4.69) is 0 Å². The van der Waals surface area contributed by atoms with Gasteiger partial charge in [-0.25, -0.2) is 0 Å². The molecule has 1 aromatic rings. The van der Waals surface area contributed by atoms with E-state index in [1.807, 2.05) is 30.0 Å². The molecule has 3 atom stereocenters. The van der Waals surface area contributed by atoms with Crippen LogP contribution < -0.4 is 5.73 Å². The van der Waals surface area contributed by atoms with Crippen molar-refractivity contribution in [3.63, 3.8) is 0 Å². The number of nitrogens with zero attached hydrogens (tertiary/aromatic N) is 2. The van der Waals surface area contributed by atoms with E-state index in [0.717, 1.165) is 31.5 Å². The lowest BCUT2D eigenvalue weighted by Gasteiger charge is -2.36. The van der Waals surface area contributed by atoms with Crippen LogP contribution in [0.5, 0.6) is 0 Å². The quantitative estimate of drug-likeness (QED) is 0.896. The Morgan fingerprint density at radius 1 is 1.32 bits per heavy atom. The van der Waals surface area contributed by atoms with Crippen molar-refractivity contribution >= 4 is 23.4 Å². The Balaban J connectivity index is 1.77. The number of benzene rings is 1. The van der Waals surface area contributed by atoms with Gasteiger partial charge < -0.3 is 15.5 Å². The molecule has 0 bridgehead atoms. The summed E-state index contributed by atoms with van der Waals surface area (Å²) in [6, 6.07) is 7.38. The Hall–Kier alpha value is -1.59. The molecule has 2 aliphatic rings. The molecule has 25 heavy (non-hydrogen) atoms. The maximum absolute atomic E-state index is 13.1. The Labute approximate surface area is 154 Å². The smallest absolute Gasteiger partial charge is 0.228 e. The summed E-state index contributed by atoms with van der Waals surface area (Å²) in [5.74, 6) is 0.211. The van der Waals surface area contributed by atoms with E-state index in [-0.39, 0.29) is 36.2 Å². The molecule has 6 heteroatoms. The standard InChI is InChI=1S/C19H26ClN3O2/c1-12(21)13-6-8-23(9-7-13)19(25)16-11-17(24)22(2)18(16)14-4-3-5-15(20)10-14/h3-5,10,12-13,16,18H,6-9,11,21H2,1-2H3. The summed E-state index contributed by atoms with van der Waals surface area (Å²) in [4.78, 5) is 29.0. The van der Waals surface area contributed by atoms with Crippen molar-refractivity contribution in [3.8, 4) is 0 Å². The van der Waals surface area contributed by atoms with Gasteiger partial charge in [-0.1, -0.05) is 23.7 Å². The van der Waals surface area contributed by atoms with Gasteiger partial charge in [-0.3, -0.25) is 9.59 Å². The monoisotopic (exact) mass is 363 g/mol. The maximum atomic E-state index is 13.1. The molecule has 2 aliphatic heterocycles. The van der Waals surface area contributed by atoms with Gasteiger partial charge in [0.15, 0.2) is 0 Å². The third-order valence-corrected chi connectivity index (χ3v) is 5.92. The topological polar surface area (TPSA) is 66.6 Å². The highest BCUT2D eigenvalue weighted by atomic mass is 35.5. The van der Waals surface area contributed by atoms with Crippen molar-refractivity contribution in [2.45, 2.75) is 38.3 Å². The third-order valence-electron chi connectivity index (χ3n) is 5.69. The second-order valence-electron chi connectivity index (χ2n) is 7.34. The highest BCUT2D eigenvalue weighted by Crippen LogP contribution is 2.39. The molecule has 2 fully saturated rings. The van der Waals surface area contributed by atoms with Crippen molar-refractivity contribution in [3.05, 3.63) is 34.9 Å². The van der Waals surface area contributed by atoms with Gasteiger partial charge in [0.1, 0.15) is 0 Å². The fraction of sp³-hybridized carbons (Fsp3) is 0.579. The molecule has 0 saturated carbocycles. The number of halogens is 1. The summed E-state index contributed by atoms with van der Waals surface area (Å²) in [7, 11) is 1.77. The average molecular weight is 364 g/mol. The molecular formula is C19H26ClN3O2. The van der Waals surface area contributed by atoms with E-state index in [0.29, 0.717) is 10.9 Å². The first-order chi connectivity index (χ1) is 11.9. The molecule has 0 radical (unpaired) electrons. The lowest BCUT2D eigenvalue weighted by molar-refractivity contribution is -0.138. The van der Waals surface area contributed by atoms with Crippen LogP contribution in [0, 0.1) is 11.8 Å². The Morgan fingerprint density at radius 2 is 2.00 bits per heavy atom. The van der Waals surface area contributed by atoms with E-state index >= 15 is 0 Å².